The lowest BCUT2D eigenvalue weighted by atomic mass is 10.1. The molecule has 8 nitrogen and oxygen atoms in total. The second kappa shape index (κ2) is 9.57. The summed E-state index contributed by atoms with van der Waals surface area (Å²) in [4.78, 5) is 17.0. The van der Waals surface area contributed by atoms with E-state index in [-0.39, 0.29) is 18.5 Å². The molecular weight excluding hydrogens is 390 g/mol. The molecule has 1 unspecified atom stereocenters. The topological polar surface area (TPSA) is 78.8 Å². The molecule has 1 aromatic rings. The molecule has 0 radical (unpaired) electrons. The van der Waals surface area contributed by atoms with Crippen LogP contribution in [0.2, 0.25) is 0 Å². The summed E-state index contributed by atoms with van der Waals surface area (Å²) in [5, 5.41) is 4.38. The Labute approximate surface area is 174 Å². The van der Waals surface area contributed by atoms with Gasteiger partial charge in [-0.2, -0.15) is 9.40 Å². The maximum atomic E-state index is 12.8. The van der Waals surface area contributed by atoms with Crippen LogP contribution in [0.4, 0.5) is 0 Å². The van der Waals surface area contributed by atoms with Gasteiger partial charge in [0.1, 0.15) is 6.54 Å². The number of carbonyl (C=O) groups is 1. The van der Waals surface area contributed by atoms with Gasteiger partial charge in [-0.15, -0.1) is 0 Å². The van der Waals surface area contributed by atoms with Crippen LogP contribution in [0.5, 0.6) is 0 Å². The molecule has 0 aromatic carbocycles. The number of likely N-dealkylation sites (tertiary alicyclic amines) is 2. The minimum Gasteiger partial charge on any atom is -0.339 e. The van der Waals surface area contributed by atoms with E-state index >= 15 is 0 Å². The van der Waals surface area contributed by atoms with Crippen molar-refractivity contribution >= 4 is 15.9 Å². The van der Waals surface area contributed by atoms with E-state index in [2.05, 4.69) is 10.00 Å². The van der Waals surface area contributed by atoms with Crippen LogP contribution in [0.1, 0.15) is 43.5 Å². The summed E-state index contributed by atoms with van der Waals surface area (Å²) in [6.07, 6.45) is 6.56. The number of aryl methyl sites for hydroxylation is 2. The third kappa shape index (κ3) is 6.02. The molecular formula is C20H35N5O3S. The maximum Gasteiger partial charge on any atom is 0.244 e. The highest BCUT2D eigenvalue weighted by molar-refractivity contribution is 7.88. The van der Waals surface area contributed by atoms with Crippen molar-refractivity contribution in [3.05, 3.63) is 17.5 Å². The monoisotopic (exact) mass is 425 g/mol. The Balaban J connectivity index is 1.62. The predicted octanol–water partition coefficient (Wildman–Crippen LogP) is 1.24. The quantitative estimate of drug-likeness (QED) is 0.657. The summed E-state index contributed by atoms with van der Waals surface area (Å²) in [5.74, 6) is 0.00498. The SMILES string of the molecule is Cc1cc(C)n(CC(=O)N2CCCC(N(CCN3CCCCC3)S(C)(=O)=O)C2)n1. The first kappa shape index (κ1) is 22.2. The molecule has 3 rings (SSSR count). The highest BCUT2D eigenvalue weighted by Gasteiger charge is 2.33. The minimum atomic E-state index is -3.33. The van der Waals surface area contributed by atoms with E-state index in [4.69, 9.17) is 0 Å². The molecule has 0 N–H and O–H groups in total. The fourth-order valence-corrected chi connectivity index (χ4v) is 5.65. The first-order valence-corrected chi connectivity index (χ1v) is 12.6. The predicted molar refractivity (Wildman–Crippen MR) is 113 cm³/mol. The molecule has 2 aliphatic rings. The zero-order chi connectivity index (χ0) is 21.0. The molecule has 3 heterocycles. The van der Waals surface area contributed by atoms with Gasteiger partial charge in [0.2, 0.25) is 15.9 Å². The maximum absolute atomic E-state index is 12.8. The van der Waals surface area contributed by atoms with E-state index in [1.165, 1.54) is 25.5 Å². The van der Waals surface area contributed by atoms with Crippen molar-refractivity contribution in [1.29, 1.82) is 0 Å². The lowest BCUT2D eigenvalue weighted by molar-refractivity contribution is -0.133. The number of hydrogen-bond donors (Lipinski definition) is 0. The summed E-state index contributed by atoms with van der Waals surface area (Å²) >= 11 is 0. The molecule has 0 spiro atoms. The lowest BCUT2D eigenvalue weighted by Gasteiger charge is -2.39. The molecule has 0 saturated carbocycles. The van der Waals surface area contributed by atoms with Gasteiger partial charge < -0.3 is 9.80 Å². The molecule has 29 heavy (non-hydrogen) atoms. The zero-order valence-electron chi connectivity index (χ0n) is 18.0. The molecule has 0 aliphatic carbocycles. The smallest absolute Gasteiger partial charge is 0.244 e. The van der Waals surface area contributed by atoms with Crippen molar-refractivity contribution in [3.63, 3.8) is 0 Å². The van der Waals surface area contributed by atoms with E-state index in [9.17, 15) is 13.2 Å². The number of aromatic nitrogens is 2. The highest BCUT2D eigenvalue weighted by Crippen LogP contribution is 2.20. The van der Waals surface area contributed by atoms with Crippen LogP contribution < -0.4 is 0 Å². The van der Waals surface area contributed by atoms with Crippen LogP contribution in [-0.2, 0) is 21.4 Å². The number of nitrogens with zero attached hydrogens (tertiary/aromatic N) is 5. The van der Waals surface area contributed by atoms with Crippen molar-refractivity contribution < 1.29 is 13.2 Å². The normalized spacial score (nSPS) is 21.7. The average Bonchev–Trinajstić information content (AvgIpc) is 2.99. The standard InChI is InChI=1S/C20H35N5O3S/c1-17-14-18(2)24(21-17)16-20(26)23-11-7-8-19(15-23)25(29(3,27)28)13-12-22-9-5-4-6-10-22/h14,19H,4-13,15-16H2,1-3H3. The van der Waals surface area contributed by atoms with Crippen molar-refractivity contribution in [2.24, 2.45) is 0 Å². The fourth-order valence-electron chi connectivity index (χ4n) is 4.52. The Morgan fingerprint density at radius 1 is 1.17 bits per heavy atom. The summed E-state index contributed by atoms with van der Waals surface area (Å²) in [6.45, 7) is 8.58. The summed E-state index contributed by atoms with van der Waals surface area (Å²) in [6, 6.07) is 1.81. The molecule has 2 aliphatic heterocycles. The van der Waals surface area contributed by atoms with Gasteiger partial charge in [0.15, 0.2) is 0 Å². The number of hydrogen-bond acceptors (Lipinski definition) is 5. The Morgan fingerprint density at radius 3 is 2.52 bits per heavy atom. The van der Waals surface area contributed by atoms with E-state index in [0.717, 1.165) is 43.9 Å². The van der Waals surface area contributed by atoms with Gasteiger partial charge >= 0.3 is 0 Å². The number of amides is 1. The number of rotatable bonds is 7. The van der Waals surface area contributed by atoms with Crippen molar-refractivity contribution in [2.75, 3.05) is 45.5 Å². The first-order chi connectivity index (χ1) is 13.7. The summed E-state index contributed by atoms with van der Waals surface area (Å²) in [7, 11) is -3.33. The molecule has 0 bridgehead atoms. The Morgan fingerprint density at radius 2 is 1.90 bits per heavy atom. The van der Waals surface area contributed by atoms with Crippen LogP contribution in [-0.4, -0.2) is 89.8 Å². The van der Waals surface area contributed by atoms with Crippen LogP contribution in [0.3, 0.4) is 0 Å². The molecule has 2 saturated heterocycles. The van der Waals surface area contributed by atoms with E-state index in [1.807, 2.05) is 24.8 Å². The van der Waals surface area contributed by atoms with Gasteiger partial charge in [-0.1, -0.05) is 6.42 Å². The second-order valence-corrected chi connectivity index (χ2v) is 10.4. The number of carbonyl (C=O) groups excluding carboxylic acids is 1. The molecule has 1 aromatic heterocycles. The largest absolute Gasteiger partial charge is 0.339 e. The molecule has 9 heteroatoms. The van der Waals surface area contributed by atoms with E-state index in [0.29, 0.717) is 19.6 Å². The van der Waals surface area contributed by atoms with E-state index < -0.39 is 10.0 Å². The molecule has 1 amide bonds. The summed E-state index contributed by atoms with van der Waals surface area (Å²) in [5.41, 5.74) is 1.86. The molecule has 2 fully saturated rings. The van der Waals surface area contributed by atoms with Crippen LogP contribution >= 0.6 is 0 Å². The molecule has 1 atom stereocenters. The van der Waals surface area contributed by atoms with Crippen LogP contribution in [0, 0.1) is 13.8 Å². The van der Waals surface area contributed by atoms with Gasteiger partial charge in [-0.25, -0.2) is 8.42 Å². The van der Waals surface area contributed by atoms with Gasteiger partial charge in [0, 0.05) is 37.9 Å². The second-order valence-electron chi connectivity index (χ2n) is 8.50. The van der Waals surface area contributed by atoms with Gasteiger partial charge in [0.05, 0.1) is 11.9 Å². The summed E-state index contributed by atoms with van der Waals surface area (Å²) < 4.78 is 28.4. The Kier molecular flexibility index (Phi) is 7.34. The molecule has 164 valence electrons. The van der Waals surface area contributed by atoms with Gasteiger partial charge in [-0.05, 0) is 58.7 Å². The highest BCUT2D eigenvalue weighted by atomic mass is 32.2. The minimum absolute atomic E-state index is 0.00498. The lowest BCUT2D eigenvalue weighted by Crippen LogP contribution is -2.53. The Bertz CT molecular complexity index is 801. The third-order valence-corrected chi connectivity index (χ3v) is 7.39. The zero-order valence-corrected chi connectivity index (χ0v) is 18.8. The van der Waals surface area contributed by atoms with E-state index in [1.54, 1.807) is 8.99 Å². The van der Waals surface area contributed by atoms with Gasteiger partial charge in [0.25, 0.3) is 0 Å². The van der Waals surface area contributed by atoms with Crippen LogP contribution in [0.15, 0.2) is 6.07 Å². The van der Waals surface area contributed by atoms with Crippen molar-refractivity contribution in [3.8, 4) is 0 Å². The van der Waals surface area contributed by atoms with Gasteiger partial charge in [-0.3, -0.25) is 9.48 Å². The van der Waals surface area contributed by atoms with Crippen molar-refractivity contribution in [2.45, 2.75) is 58.5 Å². The number of piperidine rings is 2. The average molecular weight is 426 g/mol. The third-order valence-electron chi connectivity index (χ3n) is 6.06. The fraction of sp³-hybridized carbons (Fsp3) is 0.800. The number of sulfonamides is 1. The Hall–Kier alpha value is -1.45. The van der Waals surface area contributed by atoms with Crippen LogP contribution in [0.25, 0.3) is 0 Å². The van der Waals surface area contributed by atoms with Crippen molar-refractivity contribution in [1.82, 2.24) is 23.9 Å². The first-order valence-electron chi connectivity index (χ1n) is 10.7.